The Balaban J connectivity index is 2.25. The second kappa shape index (κ2) is 6.90. The predicted octanol–water partition coefficient (Wildman–Crippen LogP) is 2.47. The molecule has 0 atom stereocenters. The van der Waals surface area contributed by atoms with Crippen LogP contribution in [0.25, 0.3) is 0 Å². The number of rotatable bonds is 7. The van der Waals surface area contributed by atoms with Crippen molar-refractivity contribution in [2.75, 3.05) is 6.54 Å². The SMILES string of the molecule is CCNCc1nccn1Cc1c(Cl)c(CC)nn1CC. The van der Waals surface area contributed by atoms with Gasteiger partial charge in [0, 0.05) is 18.9 Å². The van der Waals surface area contributed by atoms with E-state index in [0.717, 1.165) is 48.3 Å². The Morgan fingerprint density at radius 2 is 2.10 bits per heavy atom. The maximum atomic E-state index is 6.45. The van der Waals surface area contributed by atoms with Crippen LogP contribution in [0.1, 0.15) is 38.0 Å². The summed E-state index contributed by atoms with van der Waals surface area (Å²) in [7, 11) is 0. The maximum Gasteiger partial charge on any atom is 0.123 e. The van der Waals surface area contributed by atoms with Gasteiger partial charge in [0.1, 0.15) is 5.82 Å². The molecule has 0 aliphatic rings. The molecule has 2 aromatic heterocycles. The fourth-order valence-corrected chi connectivity index (χ4v) is 2.55. The van der Waals surface area contributed by atoms with E-state index in [-0.39, 0.29) is 0 Å². The minimum absolute atomic E-state index is 0.709. The highest BCUT2D eigenvalue weighted by Gasteiger charge is 2.15. The lowest BCUT2D eigenvalue weighted by molar-refractivity contribution is 0.576. The third-order valence-corrected chi connectivity index (χ3v) is 3.79. The molecule has 0 radical (unpaired) electrons. The molecule has 0 saturated heterocycles. The minimum atomic E-state index is 0.709. The molecule has 2 aromatic rings. The van der Waals surface area contributed by atoms with E-state index in [2.05, 4.69) is 40.7 Å². The third kappa shape index (κ3) is 3.04. The Morgan fingerprint density at radius 3 is 2.75 bits per heavy atom. The molecular weight excluding hydrogens is 274 g/mol. The Bertz CT molecular complexity index is 558. The lowest BCUT2D eigenvalue weighted by atomic mass is 10.3. The molecular formula is C14H22ClN5. The van der Waals surface area contributed by atoms with E-state index < -0.39 is 0 Å². The first-order chi connectivity index (χ1) is 9.71. The monoisotopic (exact) mass is 295 g/mol. The molecule has 0 spiro atoms. The summed E-state index contributed by atoms with van der Waals surface area (Å²) in [4.78, 5) is 4.39. The lowest BCUT2D eigenvalue weighted by Gasteiger charge is -2.10. The quantitative estimate of drug-likeness (QED) is 0.853. The van der Waals surface area contributed by atoms with Gasteiger partial charge in [-0.1, -0.05) is 25.4 Å². The third-order valence-electron chi connectivity index (χ3n) is 3.35. The van der Waals surface area contributed by atoms with E-state index in [4.69, 9.17) is 11.6 Å². The van der Waals surface area contributed by atoms with Crippen LogP contribution in [0.15, 0.2) is 12.4 Å². The largest absolute Gasteiger partial charge is 0.328 e. The van der Waals surface area contributed by atoms with Crippen molar-refractivity contribution in [3.05, 3.63) is 34.6 Å². The first kappa shape index (κ1) is 15.1. The van der Waals surface area contributed by atoms with Gasteiger partial charge in [-0.15, -0.1) is 0 Å². The zero-order valence-corrected chi connectivity index (χ0v) is 13.1. The van der Waals surface area contributed by atoms with Crippen molar-refractivity contribution in [1.82, 2.24) is 24.6 Å². The van der Waals surface area contributed by atoms with E-state index in [1.54, 1.807) is 0 Å². The van der Waals surface area contributed by atoms with Gasteiger partial charge in [0.25, 0.3) is 0 Å². The van der Waals surface area contributed by atoms with Crippen molar-refractivity contribution in [3.8, 4) is 0 Å². The summed E-state index contributed by atoms with van der Waals surface area (Å²) in [5.74, 6) is 1.02. The van der Waals surface area contributed by atoms with Crippen LogP contribution in [0, 0.1) is 0 Å². The minimum Gasteiger partial charge on any atom is -0.328 e. The van der Waals surface area contributed by atoms with Gasteiger partial charge >= 0.3 is 0 Å². The van der Waals surface area contributed by atoms with Gasteiger partial charge in [-0.05, 0) is 19.9 Å². The number of aromatic nitrogens is 4. The second-order valence-corrected chi connectivity index (χ2v) is 5.01. The molecule has 2 rings (SSSR count). The highest BCUT2D eigenvalue weighted by atomic mass is 35.5. The average molecular weight is 296 g/mol. The van der Waals surface area contributed by atoms with Gasteiger partial charge < -0.3 is 9.88 Å². The highest BCUT2D eigenvalue weighted by molar-refractivity contribution is 6.31. The molecule has 0 bridgehead atoms. The summed E-state index contributed by atoms with van der Waals surface area (Å²) in [5.41, 5.74) is 2.03. The Hall–Kier alpha value is -1.33. The fraction of sp³-hybridized carbons (Fsp3) is 0.571. The van der Waals surface area contributed by atoms with Crippen molar-refractivity contribution >= 4 is 11.6 Å². The van der Waals surface area contributed by atoms with Crippen molar-refractivity contribution in [2.24, 2.45) is 0 Å². The molecule has 0 aliphatic carbocycles. The Labute approximate surface area is 125 Å². The van der Waals surface area contributed by atoms with Crippen LogP contribution in [-0.2, 0) is 26.1 Å². The summed E-state index contributed by atoms with van der Waals surface area (Å²) >= 11 is 6.45. The molecule has 1 N–H and O–H groups in total. The zero-order valence-electron chi connectivity index (χ0n) is 12.4. The average Bonchev–Trinajstić information content (AvgIpc) is 3.02. The van der Waals surface area contributed by atoms with E-state index in [1.807, 2.05) is 17.1 Å². The van der Waals surface area contributed by atoms with E-state index in [0.29, 0.717) is 6.54 Å². The first-order valence-electron chi connectivity index (χ1n) is 7.15. The standard InChI is InChI=1S/C14H22ClN5/c1-4-11-14(15)12(20(6-3)18-11)10-19-8-7-17-13(19)9-16-5-2/h7-8,16H,4-6,9-10H2,1-3H3. The van der Waals surface area contributed by atoms with Crippen LogP contribution in [-0.4, -0.2) is 25.9 Å². The molecule has 6 heteroatoms. The van der Waals surface area contributed by atoms with E-state index in [9.17, 15) is 0 Å². The number of nitrogens with one attached hydrogen (secondary N) is 1. The van der Waals surface area contributed by atoms with Gasteiger partial charge in [0.2, 0.25) is 0 Å². The molecule has 20 heavy (non-hydrogen) atoms. The van der Waals surface area contributed by atoms with Crippen molar-refractivity contribution < 1.29 is 0 Å². The second-order valence-electron chi connectivity index (χ2n) is 4.63. The summed E-state index contributed by atoms with van der Waals surface area (Å²) < 4.78 is 4.11. The lowest BCUT2D eigenvalue weighted by Crippen LogP contribution is -2.17. The number of halogens is 1. The van der Waals surface area contributed by atoms with E-state index in [1.165, 1.54) is 0 Å². The smallest absolute Gasteiger partial charge is 0.123 e. The molecule has 0 aliphatic heterocycles. The molecule has 0 saturated carbocycles. The Kier molecular flexibility index (Phi) is 5.20. The topological polar surface area (TPSA) is 47.7 Å². The van der Waals surface area contributed by atoms with Crippen LogP contribution in [0.3, 0.4) is 0 Å². The van der Waals surface area contributed by atoms with E-state index >= 15 is 0 Å². The number of hydrogen-bond acceptors (Lipinski definition) is 3. The Morgan fingerprint density at radius 1 is 1.30 bits per heavy atom. The molecule has 5 nitrogen and oxygen atoms in total. The summed E-state index contributed by atoms with van der Waals surface area (Å²) in [6, 6.07) is 0. The molecule has 0 fully saturated rings. The molecule has 0 aromatic carbocycles. The number of nitrogens with zero attached hydrogens (tertiary/aromatic N) is 4. The summed E-state index contributed by atoms with van der Waals surface area (Å²) in [6.07, 6.45) is 4.67. The van der Waals surface area contributed by atoms with Gasteiger partial charge in [-0.3, -0.25) is 4.68 Å². The fourth-order valence-electron chi connectivity index (χ4n) is 2.22. The summed E-state index contributed by atoms with van der Waals surface area (Å²) in [5, 5.41) is 8.64. The van der Waals surface area contributed by atoms with Crippen LogP contribution in [0.5, 0.6) is 0 Å². The van der Waals surface area contributed by atoms with Crippen molar-refractivity contribution in [1.29, 1.82) is 0 Å². The highest BCUT2D eigenvalue weighted by Crippen LogP contribution is 2.22. The van der Waals surface area contributed by atoms with Crippen LogP contribution in [0.4, 0.5) is 0 Å². The van der Waals surface area contributed by atoms with Gasteiger partial charge in [-0.2, -0.15) is 5.10 Å². The number of aryl methyl sites for hydroxylation is 2. The van der Waals surface area contributed by atoms with Gasteiger partial charge in [-0.25, -0.2) is 4.98 Å². The number of imidazole rings is 1. The van der Waals surface area contributed by atoms with Crippen LogP contribution >= 0.6 is 11.6 Å². The van der Waals surface area contributed by atoms with Gasteiger partial charge in [0.15, 0.2) is 0 Å². The van der Waals surface area contributed by atoms with Crippen LogP contribution in [0.2, 0.25) is 5.02 Å². The van der Waals surface area contributed by atoms with Gasteiger partial charge in [0.05, 0.1) is 29.5 Å². The molecule has 0 amide bonds. The zero-order chi connectivity index (χ0) is 14.5. The molecule has 2 heterocycles. The first-order valence-corrected chi connectivity index (χ1v) is 7.53. The number of hydrogen-bond donors (Lipinski definition) is 1. The van der Waals surface area contributed by atoms with Crippen molar-refractivity contribution in [2.45, 2.75) is 46.8 Å². The summed E-state index contributed by atoms with van der Waals surface area (Å²) in [6.45, 7) is 9.48. The van der Waals surface area contributed by atoms with Crippen LogP contribution < -0.4 is 5.32 Å². The van der Waals surface area contributed by atoms with Crippen molar-refractivity contribution in [3.63, 3.8) is 0 Å². The molecule has 110 valence electrons. The maximum absolute atomic E-state index is 6.45. The predicted molar refractivity (Wildman–Crippen MR) is 81.0 cm³/mol. The molecule has 0 unspecified atom stereocenters. The normalized spacial score (nSPS) is 11.2.